The highest BCUT2D eigenvalue weighted by Crippen LogP contribution is 2.11. The first-order chi connectivity index (χ1) is 11.0. The molecule has 0 radical (unpaired) electrons. The van der Waals surface area contributed by atoms with Crippen LogP contribution >= 0.6 is 0 Å². The van der Waals surface area contributed by atoms with E-state index in [1.165, 1.54) is 0 Å². The Morgan fingerprint density at radius 1 is 1.30 bits per heavy atom. The molecule has 1 aliphatic rings. The third kappa shape index (κ3) is 6.40. The number of nitrogens with zero attached hydrogens (tertiary/aromatic N) is 1. The van der Waals surface area contributed by atoms with Crippen LogP contribution in [-0.2, 0) is 16.1 Å². The molecule has 0 unspecified atom stereocenters. The van der Waals surface area contributed by atoms with Crippen molar-refractivity contribution in [2.24, 2.45) is 5.92 Å². The van der Waals surface area contributed by atoms with E-state index in [9.17, 15) is 9.59 Å². The van der Waals surface area contributed by atoms with Crippen molar-refractivity contribution in [3.8, 4) is 0 Å². The lowest BCUT2D eigenvalue weighted by atomic mass is 10.0. The number of hydrogen-bond donors (Lipinski definition) is 1. The number of ketones is 1. The van der Waals surface area contributed by atoms with Crippen LogP contribution in [0.1, 0.15) is 32.3 Å². The Labute approximate surface area is 138 Å². The molecule has 1 atom stereocenters. The molecule has 1 aliphatic heterocycles. The highest BCUT2D eigenvalue weighted by molar-refractivity contribution is 5.82. The van der Waals surface area contributed by atoms with Crippen molar-refractivity contribution in [2.75, 3.05) is 19.6 Å². The van der Waals surface area contributed by atoms with Crippen molar-refractivity contribution >= 4 is 11.9 Å². The smallest absolute Gasteiger partial charge is 0.407 e. The van der Waals surface area contributed by atoms with Crippen molar-refractivity contribution in [1.29, 1.82) is 0 Å². The van der Waals surface area contributed by atoms with Gasteiger partial charge in [0.25, 0.3) is 0 Å². The second-order valence-electron chi connectivity index (χ2n) is 6.56. The van der Waals surface area contributed by atoms with Gasteiger partial charge in [0.1, 0.15) is 12.4 Å². The summed E-state index contributed by atoms with van der Waals surface area (Å²) in [5.41, 5.74) is 0.966. The summed E-state index contributed by atoms with van der Waals surface area (Å²) in [6.45, 7) is 6.50. The minimum absolute atomic E-state index is 0.00386. The topological polar surface area (TPSA) is 58.6 Å². The van der Waals surface area contributed by atoms with Crippen molar-refractivity contribution < 1.29 is 14.3 Å². The molecule has 1 aromatic carbocycles. The van der Waals surface area contributed by atoms with E-state index in [1.54, 1.807) is 0 Å². The molecule has 5 nitrogen and oxygen atoms in total. The molecule has 5 heteroatoms. The third-order valence-corrected chi connectivity index (χ3v) is 3.88. The van der Waals surface area contributed by atoms with E-state index in [0.717, 1.165) is 18.5 Å². The monoisotopic (exact) mass is 318 g/mol. The SMILES string of the molecule is CC(C)C[C@H](CN1CCC(=O)C1)NC(=O)OCc1ccccc1. The Morgan fingerprint density at radius 2 is 2.04 bits per heavy atom. The largest absolute Gasteiger partial charge is 0.445 e. The molecule has 2 rings (SSSR count). The Balaban J connectivity index is 1.81. The van der Waals surface area contributed by atoms with Crippen molar-refractivity contribution in [3.63, 3.8) is 0 Å². The highest BCUT2D eigenvalue weighted by atomic mass is 16.5. The van der Waals surface area contributed by atoms with Crippen LogP contribution in [0.5, 0.6) is 0 Å². The van der Waals surface area contributed by atoms with Gasteiger partial charge in [-0.2, -0.15) is 0 Å². The fraction of sp³-hybridized carbons (Fsp3) is 0.556. The maximum absolute atomic E-state index is 12.0. The standard InChI is InChI=1S/C18H26N2O3/c1-14(2)10-16(11-20-9-8-17(21)12-20)19-18(22)23-13-15-6-4-3-5-7-15/h3-7,14,16H,8-13H2,1-2H3,(H,19,22)/t16-/m1/s1. The van der Waals surface area contributed by atoms with Gasteiger partial charge in [-0.3, -0.25) is 9.69 Å². The fourth-order valence-electron chi connectivity index (χ4n) is 2.84. The number of ether oxygens (including phenoxy) is 1. The van der Waals surface area contributed by atoms with Gasteiger partial charge in [0, 0.05) is 25.6 Å². The Kier molecular flexibility index (Phi) is 6.59. The van der Waals surface area contributed by atoms with Crippen LogP contribution in [0.4, 0.5) is 4.79 Å². The average Bonchev–Trinajstić information content (AvgIpc) is 2.90. The molecule has 1 saturated heterocycles. The minimum Gasteiger partial charge on any atom is -0.445 e. The van der Waals surface area contributed by atoms with Crippen molar-refractivity contribution in [1.82, 2.24) is 10.2 Å². The second-order valence-corrected chi connectivity index (χ2v) is 6.56. The lowest BCUT2D eigenvalue weighted by molar-refractivity contribution is -0.116. The van der Waals surface area contributed by atoms with Crippen LogP contribution in [0.2, 0.25) is 0 Å². The molecule has 0 aromatic heterocycles. The fourth-order valence-corrected chi connectivity index (χ4v) is 2.84. The van der Waals surface area contributed by atoms with E-state index in [2.05, 4.69) is 24.1 Å². The zero-order chi connectivity index (χ0) is 16.7. The molecule has 126 valence electrons. The number of likely N-dealkylation sites (tertiary alicyclic amines) is 1. The Bertz CT molecular complexity index is 516. The van der Waals surface area contributed by atoms with Gasteiger partial charge in [-0.1, -0.05) is 44.2 Å². The van der Waals surface area contributed by atoms with E-state index in [-0.39, 0.29) is 18.4 Å². The summed E-state index contributed by atoms with van der Waals surface area (Å²) in [4.78, 5) is 25.5. The van der Waals surface area contributed by atoms with Gasteiger partial charge in [-0.15, -0.1) is 0 Å². The summed E-state index contributed by atoms with van der Waals surface area (Å²) in [6, 6.07) is 9.62. The first kappa shape index (κ1) is 17.5. The van der Waals surface area contributed by atoms with Crippen LogP contribution in [-0.4, -0.2) is 42.5 Å². The molecule has 0 spiro atoms. The lowest BCUT2D eigenvalue weighted by Crippen LogP contribution is -2.44. The molecule has 1 fully saturated rings. The molecule has 0 aliphatic carbocycles. The Hall–Kier alpha value is -1.88. The van der Waals surface area contributed by atoms with E-state index >= 15 is 0 Å². The summed E-state index contributed by atoms with van der Waals surface area (Å²) in [5.74, 6) is 0.743. The number of hydrogen-bond acceptors (Lipinski definition) is 4. The van der Waals surface area contributed by atoms with E-state index in [0.29, 0.717) is 25.4 Å². The second kappa shape index (κ2) is 8.67. The van der Waals surface area contributed by atoms with Gasteiger partial charge in [-0.05, 0) is 17.9 Å². The van der Waals surface area contributed by atoms with Crippen LogP contribution in [0.25, 0.3) is 0 Å². The van der Waals surface area contributed by atoms with E-state index in [4.69, 9.17) is 4.74 Å². The molecule has 1 heterocycles. The van der Waals surface area contributed by atoms with Gasteiger partial charge >= 0.3 is 6.09 Å². The third-order valence-electron chi connectivity index (χ3n) is 3.88. The predicted octanol–water partition coefficient (Wildman–Crippen LogP) is 2.60. The van der Waals surface area contributed by atoms with Gasteiger partial charge in [-0.25, -0.2) is 4.79 Å². The van der Waals surface area contributed by atoms with Crippen LogP contribution < -0.4 is 5.32 Å². The normalized spacial score (nSPS) is 16.6. The predicted molar refractivity (Wildman–Crippen MR) is 89.1 cm³/mol. The van der Waals surface area contributed by atoms with E-state index in [1.807, 2.05) is 30.3 Å². The van der Waals surface area contributed by atoms with E-state index < -0.39 is 6.09 Å². The minimum atomic E-state index is -0.398. The number of carbonyl (C=O) groups excluding carboxylic acids is 2. The average molecular weight is 318 g/mol. The summed E-state index contributed by atoms with van der Waals surface area (Å²) in [6.07, 6.45) is 1.09. The summed E-state index contributed by atoms with van der Waals surface area (Å²) in [5, 5.41) is 2.95. The number of alkyl carbamates (subject to hydrolysis) is 1. The molecule has 23 heavy (non-hydrogen) atoms. The first-order valence-corrected chi connectivity index (χ1v) is 8.24. The number of rotatable bonds is 7. The lowest BCUT2D eigenvalue weighted by Gasteiger charge is -2.25. The summed E-state index contributed by atoms with van der Waals surface area (Å²) in [7, 11) is 0. The van der Waals surface area contributed by atoms with Gasteiger partial charge in [0.05, 0.1) is 6.54 Å². The summed E-state index contributed by atoms with van der Waals surface area (Å²) >= 11 is 0. The number of benzene rings is 1. The molecule has 0 saturated carbocycles. The first-order valence-electron chi connectivity index (χ1n) is 8.24. The molecule has 1 N–H and O–H groups in total. The van der Waals surface area contributed by atoms with Crippen LogP contribution in [0.15, 0.2) is 30.3 Å². The maximum Gasteiger partial charge on any atom is 0.407 e. The number of Topliss-reactive ketones (excluding diaryl/α,β-unsaturated/α-hetero) is 1. The number of amides is 1. The molecular formula is C18H26N2O3. The van der Waals surface area contributed by atoms with Gasteiger partial charge in [0.15, 0.2) is 0 Å². The number of nitrogens with one attached hydrogen (secondary N) is 1. The molecule has 1 amide bonds. The Morgan fingerprint density at radius 3 is 2.65 bits per heavy atom. The maximum atomic E-state index is 12.0. The molecule has 1 aromatic rings. The highest BCUT2D eigenvalue weighted by Gasteiger charge is 2.24. The number of carbonyl (C=O) groups is 2. The van der Waals surface area contributed by atoms with Gasteiger partial charge < -0.3 is 10.1 Å². The molecule has 0 bridgehead atoms. The van der Waals surface area contributed by atoms with Crippen LogP contribution in [0, 0.1) is 5.92 Å². The quantitative estimate of drug-likeness (QED) is 0.839. The van der Waals surface area contributed by atoms with Crippen molar-refractivity contribution in [3.05, 3.63) is 35.9 Å². The summed E-state index contributed by atoms with van der Waals surface area (Å²) < 4.78 is 5.29. The molecular weight excluding hydrogens is 292 g/mol. The zero-order valence-corrected chi connectivity index (χ0v) is 14.0. The van der Waals surface area contributed by atoms with Gasteiger partial charge in [0.2, 0.25) is 0 Å². The van der Waals surface area contributed by atoms with Crippen molar-refractivity contribution in [2.45, 2.75) is 39.3 Å². The van der Waals surface area contributed by atoms with Crippen LogP contribution in [0.3, 0.4) is 0 Å². The zero-order valence-electron chi connectivity index (χ0n) is 14.0.